The van der Waals surface area contributed by atoms with Gasteiger partial charge in [0.2, 0.25) is 11.8 Å². The third kappa shape index (κ3) is 3.15. The lowest BCUT2D eigenvalue weighted by Crippen LogP contribution is -2.44. The van der Waals surface area contributed by atoms with Gasteiger partial charge in [-0.05, 0) is 19.2 Å². The number of likely N-dealkylation sites (N-methyl/N-ethyl adjacent to an activating group) is 1. The monoisotopic (exact) mass is 361 g/mol. The second-order valence-electron chi connectivity index (χ2n) is 6.55. The van der Waals surface area contributed by atoms with Crippen LogP contribution in [0.1, 0.15) is 30.1 Å². The Bertz CT molecular complexity index is 780. The number of benzene rings is 1. The topological polar surface area (TPSA) is 74.5 Å². The van der Waals surface area contributed by atoms with Crippen molar-refractivity contribution in [2.24, 2.45) is 0 Å². The number of piperazine rings is 1. The molecule has 2 unspecified atom stereocenters. The molecule has 0 aliphatic carbocycles. The minimum atomic E-state index is -0.105. The standard InChI is InChI=1S/C17H20ClN5O2/c1-22-7-6-19-9-14(22)16-20-17(25-21-16)11-8-15(24)23(10-11)13-5-3-2-4-12(13)18/h2-5,11,14,19H,6-10H2,1H3. The Morgan fingerprint density at radius 1 is 1.36 bits per heavy atom. The van der Waals surface area contributed by atoms with Crippen LogP contribution in [0.15, 0.2) is 28.8 Å². The Morgan fingerprint density at radius 2 is 2.20 bits per heavy atom. The number of para-hydroxylation sites is 1. The van der Waals surface area contributed by atoms with Gasteiger partial charge in [-0.1, -0.05) is 28.9 Å². The smallest absolute Gasteiger partial charge is 0.232 e. The van der Waals surface area contributed by atoms with Crippen molar-refractivity contribution in [1.29, 1.82) is 0 Å². The van der Waals surface area contributed by atoms with E-state index in [0.717, 1.165) is 25.3 Å². The maximum Gasteiger partial charge on any atom is 0.232 e. The molecule has 1 aromatic heterocycles. The van der Waals surface area contributed by atoms with E-state index in [-0.39, 0.29) is 17.9 Å². The normalized spacial score (nSPS) is 24.9. The van der Waals surface area contributed by atoms with Crippen molar-refractivity contribution in [1.82, 2.24) is 20.4 Å². The first-order valence-corrected chi connectivity index (χ1v) is 8.80. The maximum atomic E-state index is 12.4. The number of carbonyl (C=O) groups is 1. The fourth-order valence-corrected chi connectivity index (χ4v) is 3.66. The first-order valence-electron chi connectivity index (χ1n) is 8.43. The average molecular weight is 362 g/mol. The highest BCUT2D eigenvalue weighted by Crippen LogP contribution is 2.35. The van der Waals surface area contributed by atoms with E-state index in [1.807, 2.05) is 18.2 Å². The first-order chi connectivity index (χ1) is 12.1. The maximum absolute atomic E-state index is 12.4. The molecule has 7 nitrogen and oxygen atoms in total. The van der Waals surface area contributed by atoms with Crippen molar-refractivity contribution in [2.75, 3.05) is 38.1 Å². The van der Waals surface area contributed by atoms with Crippen molar-refractivity contribution in [2.45, 2.75) is 18.4 Å². The van der Waals surface area contributed by atoms with Crippen LogP contribution >= 0.6 is 11.6 Å². The van der Waals surface area contributed by atoms with Gasteiger partial charge in [0.1, 0.15) is 0 Å². The molecule has 2 aliphatic heterocycles. The first kappa shape index (κ1) is 16.5. The van der Waals surface area contributed by atoms with Gasteiger partial charge in [0.15, 0.2) is 5.82 Å². The molecule has 3 heterocycles. The molecule has 8 heteroatoms. The zero-order valence-electron chi connectivity index (χ0n) is 14.0. The zero-order chi connectivity index (χ0) is 17.4. The van der Waals surface area contributed by atoms with E-state index in [2.05, 4.69) is 27.4 Å². The second-order valence-corrected chi connectivity index (χ2v) is 6.96. The molecule has 2 aromatic rings. The number of amides is 1. The molecule has 1 N–H and O–H groups in total. The Labute approximate surface area is 150 Å². The van der Waals surface area contributed by atoms with Crippen molar-refractivity contribution in [3.63, 3.8) is 0 Å². The van der Waals surface area contributed by atoms with Crippen LogP contribution < -0.4 is 10.2 Å². The summed E-state index contributed by atoms with van der Waals surface area (Å²) in [5.41, 5.74) is 0.729. The Hall–Kier alpha value is -1.96. The van der Waals surface area contributed by atoms with Gasteiger partial charge < -0.3 is 14.7 Å². The van der Waals surface area contributed by atoms with Crippen molar-refractivity contribution in [3.05, 3.63) is 41.0 Å². The molecule has 25 heavy (non-hydrogen) atoms. The van der Waals surface area contributed by atoms with Crippen LogP contribution in [0, 0.1) is 0 Å². The number of nitrogens with zero attached hydrogens (tertiary/aromatic N) is 4. The van der Waals surface area contributed by atoms with Gasteiger partial charge in [-0.15, -0.1) is 0 Å². The molecule has 0 bridgehead atoms. The zero-order valence-corrected chi connectivity index (χ0v) is 14.7. The van der Waals surface area contributed by atoms with Gasteiger partial charge in [-0.3, -0.25) is 9.69 Å². The summed E-state index contributed by atoms with van der Waals surface area (Å²) in [7, 11) is 2.06. The number of hydrogen-bond donors (Lipinski definition) is 1. The van der Waals surface area contributed by atoms with Crippen molar-refractivity contribution in [3.8, 4) is 0 Å². The number of rotatable bonds is 3. The Balaban J connectivity index is 1.52. The Kier molecular flexibility index (Phi) is 4.45. The Morgan fingerprint density at radius 3 is 3.00 bits per heavy atom. The predicted molar refractivity (Wildman–Crippen MR) is 93.7 cm³/mol. The molecule has 1 aromatic carbocycles. The van der Waals surface area contributed by atoms with Crippen LogP contribution in [0.25, 0.3) is 0 Å². The van der Waals surface area contributed by atoms with Gasteiger partial charge >= 0.3 is 0 Å². The van der Waals surface area contributed by atoms with E-state index in [1.54, 1.807) is 11.0 Å². The summed E-state index contributed by atoms with van der Waals surface area (Å²) < 4.78 is 5.49. The van der Waals surface area contributed by atoms with Gasteiger partial charge in [0, 0.05) is 32.6 Å². The summed E-state index contributed by atoms with van der Waals surface area (Å²) in [4.78, 5) is 20.9. The molecule has 132 valence electrons. The average Bonchev–Trinajstić information content (AvgIpc) is 3.23. The second kappa shape index (κ2) is 6.74. The summed E-state index contributed by atoms with van der Waals surface area (Å²) in [6.07, 6.45) is 0.353. The lowest BCUT2D eigenvalue weighted by Gasteiger charge is -2.30. The van der Waals surface area contributed by atoms with E-state index < -0.39 is 0 Å². The van der Waals surface area contributed by atoms with Gasteiger partial charge in [-0.25, -0.2) is 0 Å². The van der Waals surface area contributed by atoms with E-state index in [9.17, 15) is 4.79 Å². The van der Waals surface area contributed by atoms with E-state index >= 15 is 0 Å². The minimum Gasteiger partial charge on any atom is -0.339 e. The summed E-state index contributed by atoms with van der Waals surface area (Å²) in [6.45, 7) is 3.20. The van der Waals surface area contributed by atoms with Gasteiger partial charge in [0.05, 0.1) is 22.7 Å². The number of anilines is 1. The number of halogens is 1. The largest absolute Gasteiger partial charge is 0.339 e. The highest BCUT2D eigenvalue weighted by atomic mass is 35.5. The van der Waals surface area contributed by atoms with Crippen molar-refractivity contribution < 1.29 is 9.32 Å². The van der Waals surface area contributed by atoms with Crippen LogP contribution in [0.5, 0.6) is 0 Å². The summed E-state index contributed by atoms with van der Waals surface area (Å²) in [5, 5.41) is 8.06. The molecule has 0 radical (unpaired) electrons. The van der Waals surface area contributed by atoms with Crippen LogP contribution in [0.4, 0.5) is 5.69 Å². The van der Waals surface area contributed by atoms with E-state index in [0.29, 0.717) is 29.7 Å². The van der Waals surface area contributed by atoms with E-state index in [4.69, 9.17) is 16.1 Å². The number of carbonyl (C=O) groups excluding carboxylic acids is 1. The minimum absolute atomic E-state index is 0.0225. The molecule has 2 atom stereocenters. The number of hydrogen-bond acceptors (Lipinski definition) is 6. The molecule has 4 rings (SSSR count). The predicted octanol–water partition coefficient (Wildman–Crippen LogP) is 1.82. The highest BCUT2D eigenvalue weighted by Gasteiger charge is 2.36. The molecule has 1 amide bonds. The van der Waals surface area contributed by atoms with Crippen LogP contribution in [0.3, 0.4) is 0 Å². The lowest BCUT2D eigenvalue weighted by molar-refractivity contribution is -0.117. The highest BCUT2D eigenvalue weighted by molar-refractivity contribution is 6.33. The fraction of sp³-hybridized carbons (Fsp3) is 0.471. The van der Waals surface area contributed by atoms with Crippen LogP contribution in [-0.4, -0.2) is 54.2 Å². The quantitative estimate of drug-likeness (QED) is 0.898. The fourth-order valence-electron chi connectivity index (χ4n) is 3.42. The molecule has 0 spiro atoms. The molecule has 2 saturated heterocycles. The molecular weight excluding hydrogens is 342 g/mol. The summed E-state index contributed by atoms with van der Waals surface area (Å²) >= 11 is 6.23. The number of aromatic nitrogens is 2. The number of nitrogens with one attached hydrogen (secondary N) is 1. The van der Waals surface area contributed by atoms with Crippen LogP contribution in [0.2, 0.25) is 5.02 Å². The SMILES string of the molecule is CN1CCNCC1c1noc(C2CC(=O)N(c3ccccc3Cl)C2)n1. The lowest BCUT2D eigenvalue weighted by atomic mass is 10.1. The van der Waals surface area contributed by atoms with Crippen LogP contribution in [-0.2, 0) is 4.79 Å². The molecule has 2 aliphatic rings. The molecule has 0 saturated carbocycles. The molecular formula is C17H20ClN5O2. The van der Waals surface area contributed by atoms with E-state index in [1.165, 1.54) is 0 Å². The van der Waals surface area contributed by atoms with Gasteiger partial charge in [0.25, 0.3) is 0 Å². The van der Waals surface area contributed by atoms with Crippen molar-refractivity contribution >= 4 is 23.2 Å². The third-order valence-corrected chi connectivity index (χ3v) is 5.20. The summed E-state index contributed by atoms with van der Waals surface area (Å²) in [5.74, 6) is 1.12. The molecule has 2 fully saturated rings. The summed E-state index contributed by atoms with van der Waals surface area (Å²) in [6, 6.07) is 7.46. The third-order valence-electron chi connectivity index (χ3n) is 4.88. The van der Waals surface area contributed by atoms with Gasteiger partial charge in [-0.2, -0.15) is 4.98 Å².